The minimum Gasteiger partial charge on any atom is -0.395 e. The third-order valence-corrected chi connectivity index (χ3v) is 3.03. The molecule has 0 aliphatic carbocycles. The molecule has 20 heavy (non-hydrogen) atoms. The second-order valence-electron chi connectivity index (χ2n) is 5.69. The van der Waals surface area contributed by atoms with Crippen LogP contribution in [0.15, 0.2) is 18.2 Å². The predicted octanol–water partition coefficient (Wildman–Crippen LogP) is 1.96. The maximum atomic E-state index is 12.1. The lowest BCUT2D eigenvalue weighted by Crippen LogP contribution is -2.29. The van der Waals surface area contributed by atoms with Gasteiger partial charge in [-0.3, -0.25) is 14.9 Å². The largest absolute Gasteiger partial charge is 0.395 e. The first-order chi connectivity index (χ1) is 9.18. The van der Waals surface area contributed by atoms with Crippen LogP contribution in [0.2, 0.25) is 0 Å². The second kappa shape index (κ2) is 6.00. The van der Waals surface area contributed by atoms with Crippen molar-refractivity contribution in [3.8, 4) is 0 Å². The monoisotopic (exact) mass is 280 g/mol. The number of likely N-dealkylation sites (N-methyl/N-ethyl adjacent to an activating group) is 1. The first-order valence-electron chi connectivity index (χ1n) is 6.33. The van der Waals surface area contributed by atoms with Gasteiger partial charge in [0.1, 0.15) is 0 Å². The number of benzene rings is 1. The Kier molecular flexibility index (Phi) is 4.83. The number of nitro benzene ring substituents is 1. The number of amides is 1. The highest BCUT2D eigenvalue weighted by atomic mass is 16.6. The lowest BCUT2D eigenvalue weighted by Gasteiger charge is -2.20. The van der Waals surface area contributed by atoms with Crippen LogP contribution in [-0.2, 0) is 5.41 Å². The van der Waals surface area contributed by atoms with Crippen LogP contribution in [0.1, 0.15) is 36.7 Å². The number of nitrogens with zero attached hydrogens (tertiary/aromatic N) is 2. The summed E-state index contributed by atoms with van der Waals surface area (Å²) < 4.78 is 0. The van der Waals surface area contributed by atoms with E-state index in [9.17, 15) is 14.9 Å². The molecule has 0 aliphatic rings. The van der Waals surface area contributed by atoms with Gasteiger partial charge in [-0.05, 0) is 11.5 Å². The lowest BCUT2D eigenvalue weighted by molar-refractivity contribution is -0.386. The molecule has 0 bridgehead atoms. The topological polar surface area (TPSA) is 83.7 Å². The average Bonchev–Trinajstić information content (AvgIpc) is 2.36. The minimum atomic E-state index is -0.469. The Labute approximate surface area is 118 Å². The Hall–Kier alpha value is -1.95. The minimum absolute atomic E-state index is 0.0549. The van der Waals surface area contributed by atoms with E-state index in [0.717, 1.165) is 0 Å². The number of hydrogen-bond donors (Lipinski definition) is 1. The molecule has 0 fully saturated rings. The molecular weight excluding hydrogens is 260 g/mol. The molecule has 0 unspecified atom stereocenters. The van der Waals surface area contributed by atoms with E-state index in [-0.39, 0.29) is 35.7 Å². The molecule has 110 valence electrons. The molecule has 0 aliphatic heterocycles. The average molecular weight is 280 g/mol. The summed E-state index contributed by atoms with van der Waals surface area (Å²) in [6, 6.07) is 4.51. The predicted molar refractivity (Wildman–Crippen MR) is 75.8 cm³/mol. The van der Waals surface area contributed by atoms with Crippen molar-refractivity contribution < 1.29 is 14.8 Å². The first-order valence-corrected chi connectivity index (χ1v) is 6.33. The third-order valence-electron chi connectivity index (χ3n) is 3.03. The zero-order chi connectivity index (χ0) is 15.5. The second-order valence-corrected chi connectivity index (χ2v) is 5.69. The van der Waals surface area contributed by atoms with Crippen LogP contribution in [0, 0.1) is 10.1 Å². The molecule has 0 saturated heterocycles. The van der Waals surface area contributed by atoms with Gasteiger partial charge >= 0.3 is 0 Å². The van der Waals surface area contributed by atoms with Crippen molar-refractivity contribution in [2.24, 2.45) is 0 Å². The first kappa shape index (κ1) is 16.1. The molecule has 1 aromatic carbocycles. The quantitative estimate of drug-likeness (QED) is 0.675. The maximum Gasteiger partial charge on any atom is 0.273 e. The number of carbonyl (C=O) groups excluding carboxylic acids is 1. The Balaban J connectivity index is 3.24. The summed E-state index contributed by atoms with van der Waals surface area (Å²) in [5.74, 6) is -0.345. The van der Waals surface area contributed by atoms with Crippen molar-refractivity contribution >= 4 is 11.6 Å². The van der Waals surface area contributed by atoms with Gasteiger partial charge in [0, 0.05) is 30.8 Å². The molecular formula is C14H20N2O4. The molecule has 1 amide bonds. The maximum absolute atomic E-state index is 12.1. The smallest absolute Gasteiger partial charge is 0.273 e. The summed E-state index contributed by atoms with van der Waals surface area (Å²) in [4.78, 5) is 24.1. The van der Waals surface area contributed by atoms with E-state index in [4.69, 9.17) is 5.11 Å². The Morgan fingerprint density at radius 1 is 1.40 bits per heavy atom. The summed E-state index contributed by atoms with van der Waals surface area (Å²) in [6.45, 7) is 5.69. The van der Waals surface area contributed by atoms with E-state index in [1.165, 1.54) is 11.0 Å². The van der Waals surface area contributed by atoms with Crippen molar-refractivity contribution in [2.45, 2.75) is 26.2 Å². The highest BCUT2D eigenvalue weighted by Gasteiger charge is 2.26. The number of nitro groups is 1. The third kappa shape index (κ3) is 3.54. The molecule has 0 heterocycles. The van der Waals surface area contributed by atoms with E-state index < -0.39 is 4.92 Å². The molecule has 0 aromatic heterocycles. The van der Waals surface area contributed by atoms with Gasteiger partial charge in [-0.1, -0.05) is 26.8 Å². The van der Waals surface area contributed by atoms with Crippen LogP contribution in [0.25, 0.3) is 0 Å². The summed E-state index contributed by atoms with van der Waals surface area (Å²) in [7, 11) is 1.54. The van der Waals surface area contributed by atoms with Crippen molar-refractivity contribution in [1.82, 2.24) is 4.90 Å². The van der Waals surface area contributed by atoms with E-state index in [0.29, 0.717) is 5.56 Å². The number of carbonyl (C=O) groups is 1. The summed E-state index contributed by atoms with van der Waals surface area (Å²) in [5.41, 5.74) is 0.409. The standard InChI is InChI=1S/C14H20N2O4/c1-14(2,3)11-6-5-10(9-12(11)16(19)20)13(18)15(4)7-8-17/h5-6,9,17H,7-8H2,1-4H3. The summed E-state index contributed by atoms with van der Waals surface area (Å²) in [6.07, 6.45) is 0. The van der Waals surface area contributed by atoms with E-state index in [2.05, 4.69) is 0 Å². The molecule has 1 N–H and O–H groups in total. The van der Waals surface area contributed by atoms with Gasteiger partial charge in [0.15, 0.2) is 0 Å². The Bertz CT molecular complexity index is 520. The van der Waals surface area contributed by atoms with Crippen molar-refractivity contribution in [3.63, 3.8) is 0 Å². The fourth-order valence-corrected chi connectivity index (χ4v) is 1.92. The Morgan fingerprint density at radius 2 is 2.00 bits per heavy atom. The molecule has 6 nitrogen and oxygen atoms in total. The fraction of sp³-hybridized carbons (Fsp3) is 0.500. The van der Waals surface area contributed by atoms with Crippen LogP contribution in [0.3, 0.4) is 0 Å². The van der Waals surface area contributed by atoms with E-state index in [1.54, 1.807) is 19.2 Å². The van der Waals surface area contributed by atoms with E-state index >= 15 is 0 Å². The van der Waals surface area contributed by atoms with Gasteiger partial charge in [0.2, 0.25) is 0 Å². The fourth-order valence-electron chi connectivity index (χ4n) is 1.92. The van der Waals surface area contributed by atoms with Gasteiger partial charge in [-0.25, -0.2) is 0 Å². The lowest BCUT2D eigenvalue weighted by atomic mass is 9.85. The van der Waals surface area contributed by atoms with Crippen molar-refractivity contribution in [3.05, 3.63) is 39.4 Å². The normalized spacial score (nSPS) is 11.2. The van der Waals surface area contributed by atoms with Gasteiger partial charge in [-0.2, -0.15) is 0 Å². The van der Waals surface area contributed by atoms with E-state index in [1.807, 2.05) is 20.8 Å². The molecule has 6 heteroatoms. The number of rotatable bonds is 4. The molecule has 1 rings (SSSR count). The SMILES string of the molecule is CN(CCO)C(=O)c1ccc(C(C)(C)C)c([N+](=O)[O-])c1. The molecule has 0 atom stereocenters. The van der Waals surface area contributed by atoms with Crippen LogP contribution in [0.4, 0.5) is 5.69 Å². The highest BCUT2D eigenvalue weighted by molar-refractivity contribution is 5.94. The molecule has 0 saturated carbocycles. The summed E-state index contributed by atoms with van der Waals surface area (Å²) >= 11 is 0. The number of aliphatic hydroxyl groups is 1. The molecule has 1 aromatic rings. The van der Waals surface area contributed by atoms with Crippen LogP contribution in [0.5, 0.6) is 0 Å². The molecule has 0 spiro atoms. The van der Waals surface area contributed by atoms with Gasteiger partial charge in [0.05, 0.1) is 11.5 Å². The number of hydrogen-bond acceptors (Lipinski definition) is 4. The van der Waals surface area contributed by atoms with Gasteiger partial charge in [0.25, 0.3) is 11.6 Å². The van der Waals surface area contributed by atoms with Crippen molar-refractivity contribution in [2.75, 3.05) is 20.2 Å². The number of aliphatic hydroxyl groups excluding tert-OH is 1. The summed E-state index contributed by atoms with van der Waals surface area (Å²) in [5, 5.41) is 20.0. The molecule has 0 radical (unpaired) electrons. The van der Waals surface area contributed by atoms with Crippen LogP contribution >= 0.6 is 0 Å². The van der Waals surface area contributed by atoms with Gasteiger partial charge in [-0.15, -0.1) is 0 Å². The zero-order valence-electron chi connectivity index (χ0n) is 12.2. The van der Waals surface area contributed by atoms with Crippen LogP contribution in [-0.4, -0.2) is 41.0 Å². The highest BCUT2D eigenvalue weighted by Crippen LogP contribution is 2.32. The Morgan fingerprint density at radius 3 is 2.45 bits per heavy atom. The van der Waals surface area contributed by atoms with Crippen LogP contribution < -0.4 is 0 Å². The zero-order valence-corrected chi connectivity index (χ0v) is 12.2. The van der Waals surface area contributed by atoms with Crippen molar-refractivity contribution in [1.29, 1.82) is 0 Å². The van der Waals surface area contributed by atoms with Gasteiger partial charge < -0.3 is 10.0 Å².